The van der Waals surface area contributed by atoms with Gasteiger partial charge in [0.15, 0.2) is 5.84 Å². The van der Waals surface area contributed by atoms with Crippen molar-refractivity contribution in [3.63, 3.8) is 0 Å². The van der Waals surface area contributed by atoms with Crippen LogP contribution in [0.2, 0.25) is 10.0 Å². The van der Waals surface area contributed by atoms with Crippen LogP contribution in [0, 0.1) is 0 Å². The average molecular weight is 360 g/mol. The molecule has 0 radical (unpaired) electrons. The Hall–Kier alpha value is -2.50. The average Bonchev–Trinajstić information content (AvgIpc) is 2.56. The van der Waals surface area contributed by atoms with Gasteiger partial charge < -0.3 is 5.32 Å². The summed E-state index contributed by atoms with van der Waals surface area (Å²) in [4.78, 5) is 32.1. The van der Waals surface area contributed by atoms with Gasteiger partial charge in [0.1, 0.15) is 0 Å². The number of aliphatic imine (C=N–C) groups is 2. The molecule has 7 heteroatoms. The van der Waals surface area contributed by atoms with Crippen LogP contribution in [0.4, 0.5) is 11.4 Å². The van der Waals surface area contributed by atoms with Crippen LogP contribution in [-0.4, -0.2) is 23.2 Å². The van der Waals surface area contributed by atoms with Crippen molar-refractivity contribution < 1.29 is 9.59 Å². The molecule has 3 rings (SSSR count). The predicted octanol–water partition coefficient (Wildman–Crippen LogP) is 3.89. The van der Waals surface area contributed by atoms with Crippen LogP contribution in [0.25, 0.3) is 0 Å². The molecule has 5 nitrogen and oxygen atoms in total. The Kier molecular flexibility index (Phi) is 4.74. The van der Waals surface area contributed by atoms with Crippen molar-refractivity contribution in [3.05, 3.63) is 58.6 Å². The monoisotopic (exact) mass is 359 g/mol. The van der Waals surface area contributed by atoms with E-state index in [1.54, 1.807) is 48.5 Å². The topological polar surface area (TPSA) is 70.9 Å². The highest BCUT2D eigenvalue weighted by molar-refractivity contribution is 6.59. The summed E-state index contributed by atoms with van der Waals surface area (Å²) in [5, 5.41) is 3.32. The van der Waals surface area contributed by atoms with E-state index in [9.17, 15) is 9.59 Å². The SMILES string of the molecule is O=C1CC(=Nc2ccccc2Cl)C(=Nc2ccccc2Cl)NC1=O. The van der Waals surface area contributed by atoms with Crippen LogP contribution in [-0.2, 0) is 9.59 Å². The lowest BCUT2D eigenvalue weighted by atomic mass is 10.1. The summed E-state index contributed by atoms with van der Waals surface area (Å²) in [5.74, 6) is -1.12. The second kappa shape index (κ2) is 6.95. The standard InChI is InChI=1S/C17H11Cl2N3O2/c18-10-5-1-3-7-12(10)20-14-9-15(23)17(24)22-16(14)21-13-8-4-2-6-11(13)19/h1-8H,9H2,(H,21,22,24). The van der Waals surface area contributed by atoms with E-state index in [4.69, 9.17) is 23.2 Å². The van der Waals surface area contributed by atoms with Crippen LogP contribution in [0.1, 0.15) is 6.42 Å². The lowest BCUT2D eigenvalue weighted by molar-refractivity contribution is -0.136. The molecule has 0 saturated carbocycles. The van der Waals surface area contributed by atoms with E-state index in [1.165, 1.54) is 0 Å². The van der Waals surface area contributed by atoms with Crippen LogP contribution < -0.4 is 5.32 Å². The van der Waals surface area contributed by atoms with Crippen LogP contribution in [0.15, 0.2) is 58.5 Å². The van der Waals surface area contributed by atoms with Gasteiger partial charge in [-0.2, -0.15) is 0 Å². The number of hydrogen-bond donors (Lipinski definition) is 1. The molecule has 1 fully saturated rings. The number of ketones is 1. The number of rotatable bonds is 2. The van der Waals surface area contributed by atoms with Crippen molar-refractivity contribution >= 4 is 57.8 Å². The number of nitrogens with zero attached hydrogens (tertiary/aromatic N) is 2. The Balaban J connectivity index is 2.07. The molecule has 0 unspecified atom stereocenters. The molecule has 1 aliphatic heterocycles. The molecule has 0 spiro atoms. The second-order valence-electron chi connectivity index (χ2n) is 4.98. The molecule has 0 bridgehead atoms. The fourth-order valence-electron chi connectivity index (χ4n) is 2.10. The van der Waals surface area contributed by atoms with E-state index in [0.717, 1.165) is 0 Å². The summed E-state index contributed by atoms with van der Waals surface area (Å²) in [7, 11) is 0. The van der Waals surface area contributed by atoms with Gasteiger partial charge in [0, 0.05) is 0 Å². The molecule has 2 aromatic carbocycles. The first-order chi connectivity index (χ1) is 11.5. The zero-order chi connectivity index (χ0) is 17.1. The molecular weight excluding hydrogens is 349 g/mol. The summed E-state index contributed by atoms with van der Waals surface area (Å²) < 4.78 is 0. The molecule has 0 atom stereocenters. The molecule has 1 amide bonds. The van der Waals surface area contributed by atoms with Crippen molar-refractivity contribution in [2.75, 3.05) is 0 Å². The van der Waals surface area contributed by atoms with Crippen molar-refractivity contribution in [1.82, 2.24) is 5.32 Å². The van der Waals surface area contributed by atoms with E-state index in [-0.39, 0.29) is 12.3 Å². The number of benzene rings is 2. The van der Waals surface area contributed by atoms with Crippen molar-refractivity contribution in [3.8, 4) is 0 Å². The first-order valence-corrected chi connectivity index (χ1v) is 7.80. The summed E-state index contributed by atoms with van der Waals surface area (Å²) in [6.45, 7) is 0. The largest absolute Gasteiger partial charge is 0.302 e. The number of nitrogens with one attached hydrogen (secondary N) is 1. The van der Waals surface area contributed by atoms with Gasteiger partial charge in [-0.3, -0.25) is 9.59 Å². The van der Waals surface area contributed by atoms with Gasteiger partial charge in [-0.1, -0.05) is 47.5 Å². The molecule has 1 N–H and O–H groups in total. The Morgan fingerprint density at radius 3 is 1.96 bits per heavy atom. The number of hydrogen-bond acceptors (Lipinski definition) is 4. The molecule has 120 valence electrons. The van der Waals surface area contributed by atoms with Gasteiger partial charge in [-0.25, -0.2) is 9.98 Å². The van der Waals surface area contributed by atoms with Gasteiger partial charge in [0.2, 0.25) is 5.78 Å². The molecule has 1 heterocycles. The number of amidine groups is 1. The first-order valence-electron chi connectivity index (χ1n) is 7.04. The molecule has 2 aromatic rings. The van der Waals surface area contributed by atoms with E-state index >= 15 is 0 Å². The smallest absolute Gasteiger partial charge is 0.293 e. The molecule has 0 aliphatic carbocycles. The third-order valence-corrected chi connectivity index (χ3v) is 3.92. The first kappa shape index (κ1) is 16.4. The third kappa shape index (κ3) is 3.53. The highest BCUT2D eigenvalue weighted by Gasteiger charge is 2.28. The minimum atomic E-state index is -0.723. The van der Waals surface area contributed by atoms with E-state index in [0.29, 0.717) is 27.1 Å². The summed E-state index contributed by atoms with van der Waals surface area (Å²) in [6, 6.07) is 13.9. The van der Waals surface area contributed by atoms with E-state index in [1.807, 2.05) is 0 Å². The maximum atomic E-state index is 11.7. The fourth-order valence-corrected chi connectivity index (χ4v) is 2.46. The Labute approximate surface area is 148 Å². The van der Waals surface area contributed by atoms with E-state index < -0.39 is 11.7 Å². The zero-order valence-corrected chi connectivity index (χ0v) is 13.8. The number of amides is 1. The number of Topliss-reactive ketones (excluding diaryl/α,β-unsaturated/α-hetero) is 1. The molecule has 24 heavy (non-hydrogen) atoms. The van der Waals surface area contributed by atoms with Gasteiger partial charge in [-0.05, 0) is 24.3 Å². The Morgan fingerprint density at radius 1 is 0.833 bits per heavy atom. The number of para-hydroxylation sites is 2. The second-order valence-corrected chi connectivity index (χ2v) is 5.79. The lowest BCUT2D eigenvalue weighted by Gasteiger charge is -2.16. The maximum Gasteiger partial charge on any atom is 0.293 e. The summed E-state index contributed by atoms with van der Waals surface area (Å²) in [6.07, 6.45) is -0.152. The Bertz CT molecular complexity index is 817. The van der Waals surface area contributed by atoms with E-state index in [2.05, 4.69) is 15.3 Å². The molecule has 0 aromatic heterocycles. The normalized spacial score (nSPS) is 18.1. The van der Waals surface area contributed by atoms with Crippen molar-refractivity contribution in [2.45, 2.75) is 6.42 Å². The van der Waals surface area contributed by atoms with Gasteiger partial charge in [0.25, 0.3) is 5.91 Å². The fraction of sp³-hybridized carbons (Fsp3) is 0.0588. The quantitative estimate of drug-likeness (QED) is 0.826. The minimum Gasteiger partial charge on any atom is -0.302 e. The molecule has 1 aliphatic rings. The van der Waals surface area contributed by atoms with Crippen LogP contribution in [0.3, 0.4) is 0 Å². The number of carbonyl (C=O) groups is 2. The molecular formula is C17H11Cl2N3O2. The van der Waals surface area contributed by atoms with Crippen molar-refractivity contribution in [1.29, 1.82) is 0 Å². The number of piperidine rings is 1. The zero-order valence-electron chi connectivity index (χ0n) is 12.3. The molecule has 1 saturated heterocycles. The van der Waals surface area contributed by atoms with Gasteiger partial charge in [-0.15, -0.1) is 0 Å². The van der Waals surface area contributed by atoms with Crippen molar-refractivity contribution in [2.24, 2.45) is 9.98 Å². The number of carbonyl (C=O) groups excluding carboxylic acids is 2. The summed E-state index contributed by atoms with van der Waals surface area (Å²) in [5.41, 5.74) is 1.29. The minimum absolute atomic E-state index is 0.152. The van der Waals surface area contributed by atoms with Gasteiger partial charge in [0.05, 0.1) is 33.6 Å². The lowest BCUT2D eigenvalue weighted by Crippen LogP contribution is -2.47. The van der Waals surface area contributed by atoms with Crippen LogP contribution >= 0.6 is 23.2 Å². The number of halogens is 2. The maximum absolute atomic E-state index is 11.7. The Morgan fingerprint density at radius 2 is 1.38 bits per heavy atom. The third-order valence-electron chi connectivity index (χ3n) is 3.28. The highest BCUT2D eigenvalue weighted by atomic mass is 35.5. The summed E-state index contributed by atoms with van der Waals surface area (Å²) >= 11 is 12.2. The highest BCUT2D eigenvalue weighted by Crippen LogP contribution is 2.27. The predicted molar refractivity (Wildman–Crippen MR) is 94.9 cm³/mol. The van der Waals surface area contributed by atoms with Gasteiger partial charge >= 0.3 is 0 Å². The van der Waals surface area contributed by atoms with Crippen LogP contribution in [0.5, 0.6) is 0 Å².